The Balaban J connectivity index is 0.000000138. The van der Waals surface area contributed by atoms with Crippen molar-refractivity contribution >= 4 is 55.1 Å². The predicted octanol–water partition coefficient (Wildman–Crippen LogP) is 6.82. The van der Waals surface area contributed by atoms with Crippen molar-refractivity contribution in [3.05, 3.63) is 92.4 Å². The van der Waals surface area contributed by atoms with E-state index < -0.39 is 16.8 Å². The lowest BCUT2D eigenvalue weighted by Crippen LogP contribution is -2.27. The summed E-state index contributed by atoms with van der Waals surface area (Å²) in [7, 11) is 0. The van der Waals surface area contributed by atoms with Gasteiger partial charge in [0.15, 0.2) is 23.0 Å². The molecule has 2 aliphatic carbocycles. The maximum Gasteiger partial charge on any atom is 0.314 e. The molecule has 4 aliphatic rings. The summed E-state index contributed by atoms with van der Waals surface area (Å²) in [6.07, 6.45) is 6.40. The largest absolute Gasteiger partial charge is 0.481 e. The fraction of sp³-hybridized carbons (Fsp3) is 0.294. The van der Waals surface area contributed by atoms with Crippen molar-refractivity contribution in [1.29, 1.82) is 0 Å². The van der Waals surface area contributed by atoms with E-state index in [9.17, 15) is 9.59 Å². The van der Waals surface area contributed by atoms with Gasteiger partial charge in [-0.05, 0) is 119 Å². The van der Waals surface area contributed by atoms with Crippen molar-refractivity contribution in [1.82, 2.24) is 9.97 Å². The number of nitrogens with one attached hydrogen (secondary N) is 1. The number of carbonyl (C=O) groups excluding carboxylic acids is 1. The number of carboxylic acid groups (broad SMARTS) is 1. The van der Waals surface area contributed by atoms with Crippen LogP contribution < -0.4 is 30.0 Å². The van der Waals surface area contributed by atoms with Gasteiger partial charge in [-0.1, -0.05) is 12.1 Å². The summed E-state index contributed by atoms with van der Waals surface area (Å²) >= 11 is 6.74. The topological polar surface area (TPSA) is 155 Å². The van der Waals surface area contributed by atoms with Gasteiger partial charge >= 0.3 is 5.97 Å². The number of hydrogen-bond acceptors (Lipinski definition) is 9. The Morgan fingerprint density at radius 2 is 1.23 bits per heavy atom. The summed E-state index contributed by atoms with van der Waals surface area (Å²) < 4.78 is 23.0. The monoisotopic (exact) mass is 766 g/mol. The number of amides is 1. The number of anilines is 2. The van der Waals surface area contributed by atoms with E-state index >= 15 is 0 Å². The molecule has 0 spiro atoms. The van der Waals surface area contributed by atoms with Crippen molar-refractivity contribution in [3.8, 4) is 23.0 Å². The number of halogens is 2. The average Bonchev–Trinajstić information content (AvgIpc) is 3.95. The Kier molecular flexibility index (Phi) is 9.03. The van der Waals surface area contributed by atoms with Crippen LogP contribution in [0.3, 0.4) is 0 Å². The van der Waals surface area contributed by atoms with E-state index in [2.05, 4.69) is 47.1 Å². The Labute approximate surface area is 288 Å². The summed E-state index contributed by atoms with van der Waals surface area (Å²) in [5, 5.41) is 12.1. The normalized spacial score (nSPS) is 16.5. The highest BCUT2D eigenvalue weighted by Gasteiger charge is 2.52. The molecule has 0 atom stereocenters. The van der Waals surface area contributed by atoms with Gasteiger partial charge in [-0.3, -0.25) is 19.6 Å². The first-order chi connectivity index (χ1) is 22.5. The number of rotatable bonds is 5. The lowest BCUT2D eigenvalue weighted by molar-refractivity contribution is -0.140. The van der Waals surface area contributed by atoms with E-state index in [1.807, 2.05) is 50.2 Å². The number of nitrogen functional groups attached to an aromatic ring is 1. The van der Waals surface area contributed by atoms with Gasteiger partial charge in [0.05, 0.1) is 46.0 Å². The molecule has 244 valence electrons. The number of nitrogens with zero attached hydrogens (tertiary/aromatic N) is 2. The van der Waals surface area contributed by atoms with E-state index in [1.165, 1.54) is 0 Å². The number of nitrogens with two attached hydrogens (primary N) is 1. The zero-order valence-corrected chi connectivity index (χ0v) is 28.8. The van der Waals surface area contributed by atoms with E-state index in [0.29, 0.717) is 41.5 Å². The summed E-state index contributed by atoms with van der Waals surface area (Å²) in [6, 6.07) is 14.8. The van der Waals surface area contributed by atoms with Gasteiger partial charge in [-0.2, -0.15) is 0 Å². The van der Waals surface area contributed by atoms with E-state index in [1.54, 1.807) is 24.5 Å². The molecular formula is C34H32Br2N4O7. The molecule has 0 saturated heterocycles. The third-order valence-corrected chi connectivity index (χ3v) is 10.1. The van der Waals surface area contributed by atoms with Crippen molar-refractivity contribution in [3.63, 3.8) is 0 Å². The second-order valence-electron chi connectivity index (χ2n) is 11.7. The molecule has 4 heterocycles. The molecule has 0 bridgehead atoms. The maximum atomic E-state index is 12.8. The van der Waals surface area contributed by atoms with Crippen LogP contribution in [0.2, 0.25) is 0 Å². The second-order valence-corrected chi connectivity index (χ2v) is 13.4. The number of aryl methyl sites for hydroxylation is 2. The third kappa shape index (κ3) is 6.86. The first-order valence-electron chi connectivity index (χ1n) is 14.9. The number of aromatic nitrogens is 2. The van der Waals surface area contributed by atoms with Gasteiger partial charge in [0.25, 0.3) is 0 Å². The molecule has 2 aliphatic heterocycles. The highest BCUT2D eigenvalue weighted by Crippen LogP contribution is 2.52. The van der Waals surface area contributed by atoms with Crippen LogP contribution in [-0.4, -0.2) is 40.5 Å². The van der Waals surface area contributed by atoms with Crippen molar-refractivity contribution in [2.75, 3.05) is 24.6 Å². The van der Waals surface area contributed by atoms with E-state index in [4.69, 9.17) is 29.8 Å². The summed E-state index contributed by atoms with van der Waals surface area (Å²) in [5.41, 5.74) is 9.32. The molecule has 2 saturated carbocycles. The molecule has 13 heteroatoms. The molecule has 2 aromatic carbocycles. The van der Waals surface area contributed by atoms with Crippen LogP contribution in [0.15, 0.2) is 69.9 Å². The molecule has 2 fully saturated rings. The Hall–Kier alpha value is -4.36. The molecule has 8 rings (SSSR count). The lowest BCUT2D eigenvalue weighted by atomic mass is 9.94. The number of pyridine rings is 2. The number of carboxylic acids is 1. The average molecular weight is 768 g/mol. The summed E-state index contributed by atoms with van der Waals surface area (Å²) in [6.45, 7) is 4.29. The van der Waals surface area contributed by atoms with Crippen LogP contribution >= 0.6 is 31.9 Å². The molecule has 47 heavy (non-hydrogen) atoms. The fourth-order valence-corrected chi connectivity index (χ4v) is 5.97. The minimum Gasteiger partial charge on any atom is -0.481 e. The molecule has 11 nitrogen and oxygen atoms in total. The predicted molar refractivity (Wildman–Crippen MR) is 181 cm³/mol. The molecule has 1 amide bonds. The van der Waals surface area contributed by atoms with Gasteiger partial charge in [0.2, 0.25) is 19.5 Å². The highest BCUT2D eigenvalue weighted by atomic mass is 79.9. The van der Waals surface area contributed by atoms with Gasteiger partial charge < -0.3 is 35.1 Å². The lowest BCUT2D eigenvalue weighted by Gasteiger charge is -2.16. The number of aliphatic carboxylic acids is 1. The summed E-state index contributed by atoms with van der Waals surface area (Å²) in [4.78, 5) is 32.1. The minimum absolute atomic E-state index is 0.00563. The van der Waals surface area contributed by atoms with E-state index in [-0.39, 0.29) is 19.5 Å². The smallest absolute Gasteiger partial charge is 0.314 e. The quantitative estimate of drug-likeness (QED) is 0.197. The zero-order chi connectivity index (χ0) is 33.3. The standard InChI is InChI=1S/C17H15BrN2O3.C11H10O4.C6H7BrN2/c1-10-13(18)7-12(8-19-10)20-16(21)17(4-5-17)11-2-3-14-15(6-11)23-9-22-14;12-10(13)11(3-4-11)7-1-2-8-9(5-7)15-6-14-8;1-4-6(7)2-5(8)3-9-4/h2-3,6-8H,4-5,9H2,1H3,(H,20,21);1-2,5H,3-4,6H2,(H,12,13);2-3H,8H2,1H3. The van der Waals surface area contributed by atoms with Gasteiger partial charge in [0.1, 0.15) is 0 Å². The number of ether oxygens (including phenoxy) is 4. The molecule has 0 radical (unpaired) electrons. The number of carbonyl (C=O) groups is 2. The summed E-state index contributed by atoms with van der Waals surface area (Å²) in [5.74, 6) is 2.04. The number of hydrogen-bond donors (Lipinski definition) is 3. The first-order valence-corrected chi connectivity index (χ1v) is 16.4. The third-order valence-electron chi connectivity index (χ3n) is 8.52. The molecular weight excluding hydrogens is 736 g/mol. The first kappa shape index (κ1) is 32.6. The maximum absolute atomic E-state index is 12.8. The molecule has 0 unspecified atom stereocenters. The van der Waals surface area contributed by atoms with Crippen LogP contribution in [0.25, 0.3) is 0 Å². The van der Waals surface area contributed by atoms with Gasteiger partial charge in [-0.25, -0.2) is 0 Å². The molecule has 4 N–H and O–H groups in total. The SMILES string of the molecule is Cc1ncc(N)cc1Br.Cc1ncc(NC(=O)C2(c3ccc4c(c3)OCO4)CC2)cc1Br.O=C(O)C1(c2ccc3c(c2)OCO3)CC1. The fourth-order valence-electron chi connectivity index (χ4n) is 5.26. The van der Waals surface area contributed by atoms with Gasteiger partial charge in [-0.15, -0.1) is 0 Å². The number of fused-ring (bicyclic) bond motifs is 2. The molecule has 2 aromatic heterocycles. The minimum atomic E-state index is -0.749. The van der Waals surface area contributed by atoms with E-state index in [0.717, 1.165) is 50.1 Å². The number of benzene rings is 2. The molecule has 4 aromatic rings. The second kappa shape index (κ2) is 13.0. The van der Waals surface area contributed by atoms with Gasteiger partial charge in [0, 0.05) is 8.95 Å². The van der Waals surface area contributed by atoms with Crippen LogP contribution in [0.5, 0.6) is 23.0 Å². The van der Waals surface area contributed by atoms with Crippen molar-refractivity contribution in [2.45, 2.75) is 50.4 Å². The van der Waals surface area contributed by atoms with Crippen molar-refractivity contribution in [2.24, 2.45) is 0 Å². The Morgan fingerprint density at radius 1 is 0.745 bits per heavy atom. The Bertz CT molecular complexity index is 1860. The van der Waals surface area contributed by atoms with Crippen LogP contribution in [0, 0.1) is 13.8 Å². The highest BCUT2D eigenvalue weighted by molar-refractivity contribution is 9.10. The van der Waals surface area contributed by atoms with Crippen LogP contribution in [0.1, 0.15) is 48.2 Å². The van der Waals surface area contributed by atoms with Crippen LogP contribution in [-0.2, 0) is 20.4 Å². The Morgan fingerprint density at radius 3 is 1.70 bits per heavy atom. The van der Waals surface area contributed by atoms with Crippen molar-refractivity contribution < 1.29 is 33.6 Å². The zero-order valence-electron chi connectivity index (χ0n) is 25.6. The van der Waals surface area contributed by atoms with Crippen LogP contribution in [0.4, 0.5) is 11.4 Å².